The van der Waals surface area contributed by atoms with E-state index in [-0.39, 0.29) is 58.8 Å². The Morgan fingerprint density at radius 3 is 2.51 bits per heavy atom. The summed E-state index contributed by atoms with van der Waals surface area (Å²) in [7, 11) is -3.23. The van der Waals surface area contributed by atoms with Gasteiger partial charge in [0.25, 0.3) is 5.91 Å². The van der Waals surface area contributed by atoms with Crippen LogP contribution in [0, 0.1) is 0 Å². The van der Waals surface area contributed by atoms with E-state index in [0.717, 1.165) is 0 Å². The van der Waals surface area contributed by atoms with Gasteiger partial charge in [0.15, 0.2) is 5.43 Å². The van der Waals surface area contributed by atoms with Gasteiger partial charge in [-0.15, -0.1) is 0 Å². The van der Waals surface area contributed by atoms with Crippen LogP contribution in [-0.2, 0) is 13.9 Å². The normalized spacial score (nSPS) is 12.6. The van der Waals surface area contributed by atoms with Gasteiger partial charge in [0.2, 0.25) is 5.91 Å². The Kier molecular flexibility index (Phi) is 9.15. The summed E-state index contributed by atoms with van der Waals surface area (Å²) in [6, 6.07) is 11.3. The molecule has 214 valence electrons. The Labute approximate surface area is 232 Å². The maximum Gasteiger partial charge on any atom is 0.336 e. The highest BCUT2D eigenvalue weighted by Gasteiger charge is 2.23. The Morgan fingerprint density at radius 2 is 1.80 bits per heavy atom. The minimum absolute atomic E-state index is 0.0847. The van der Waals surface area contributed by atoms with Crippen molar-refractivity contribution in [3.63, 3.8) is 0 Å². The van der Waals surface area contributed by atoms with Gasteiger partial charge in [-0.05, 0) is 48.0 Å². The van der Waals surface area contributed by atoms with Crippen molar-refractivity contribution in [1.29, 1.82) is 0 Å². The monoisotopic (exact) mass is 584 g/mol. The van der Waals surface area contributed by atoms with Gasteiger partial charge in [-0.2, -0.15) is 0 Å². The highest BCUT2D eigenvalue weighted by molar-refractivity contribution is 7.32. The van der Waals surface area contributed by atoms with E-state index in [9.17, 15) is 39.1 Å². The van der Waals surface area contributed by atoms with Crippen molar-refractivity contribution >= 4 is 37.0 Å². The van der Waals surface area contributed by atoms with E-state index >= 15 is 0 Å². The third-order valence-electron chi connectivity index (χ3n) is 6.09. The minimum Gasteiger partial charge on any atom is -0.508 e. The van der Waals surface area contributed by atoms with Crippen LogP contribution in [-0.4, -0.2) is 63.8 Å². The summed E-state index contributed by atoms with van der Waals surface area (Å²) in [4.78, 5) is 58.0. The molecule has 2 aromatic rings. The van der Waals surface area contributed by atoms with E-state index < -0.39 is 38.7 Å². The van der Waals surface area contributed by atoms with Crippen LogP contribution in [0.5, 0.6) is 5.75 Å². The molecule has 14 heteroatoms. The fraction of sp³-hybridized carbons (Fsp3) is 0.185. The number of aromatic carboxylic acids is 1. The van der Waals surface area contributed by atoms with Gasteiger partial charge in [-0.3, -0.25) is 18.9 Å². The zero-order valence-electron chi connectivity index (χ0n) is 21.2. The Morgan fingerprint density at radius 1 is 1.02 bits per heavy atom. The fourth-order valence-corrected chi connectivity index (χ4v) is 4.58. The van der Waals surface area contributed by atoms with Crippen molar-refractivity contribution in [1.82, 2.24) is 10.6 Å². The molecule has 2 unspecified atom stereocenters. The number of aliphatic hydroxyl groups is 1. The summed E-state index contributed by atoms with van der Waals surface area (Å²) >= 11 is 0. The molecule has 41 heavy (non-hydrogen) atoms. The number of carbonyl (C=O) groups is 3. The van der Waals surface area contributed by atoms with Gasteiger partial charge in [0.1, 0.15) is 17.1 Å². The Hall–Kier alpha value is -4.55. The smallest absolute Gasteiger partial charge is 0.336 e. The van der Waals surface area contributed by atoms with Gasteiger partial charge < -0.3 is 39.8 Å². The average Bonchev–Trinajstić information content (AvgIpc) is 2.93. The number of nitrogens with one attached hydrogen (secondary N) is 2. The fourth-order valence-electron chi connectivity index (χ4n) is 4.23. The molecule has 0 bridgehead atoms. The molecule has 1 aliphatic carbocycles. The molecule has 0 radical (unpaired) electrons. The lowest BCUT2D eigenvalue weighted by Crippen LogP contribution is -2.41. The summed E-state index contributed by atoms with van der Waals surface area (Å²) in [5.41, 5.74) is 0.742. The molecular weight excluding hydrogens is 559 g/mol. The number of phenols is 1. The Bertz CT molecular complexity index is 1680. The maximum atomic E-state index is 13.0. The number of fused-ring (bicyclic) bond motifs is 2. The number of carboxylic acid groups (broad SMARTS) is 1. The number of rotatable bonds is 11. The highest BCUT2D eigenvalue weighted by atomic mass is 31.1. The van der Waals surface area contributed by atoms with Crippen molar-refractivity contribution in [3.05, 3.63) is 75.9 Å². The first-order valence-corrected chi connectivity index (χ1v) is 13.4. The topological polar surface area (TPSA) is 213 Å². The summed E-state index contributed by atoms with van der Waals surface area (Å²) in [5.74, 6) is -2.38. The summed E-state index contributed by atoms with van der Waals surface area (Å²) in [5, 5.41) is 34.6. The van der Waals surface area contributed by atoms with Crippen LogP contribution in [0.4, 0.5) is 0 Å². The number of carboxylic acids is 1. The van der Waals surface area contributed by atoms with E-state index in [0.29, 0.717) is 16.5 Å². The lowest BCUT2D eigenvalue weighted by molar-refractivity contribution is -0.122. The molecule has 0 saturated heterocycles. The summed E-state index contributed by atoms with van der Waals surface area (Å²) in [6.45, 7) is -1.01. The molecule has 6 N–H and O–H groups in total. The Balaban J connectivity index is 1.63. The predicted octanol–water partition coefficient (Wildman–Crippen LogP) is 1.96. The zero-order chi connectivity index (χ0) is 29.7. The van der Waals surface area contributed by atoms with Crippen LogP contribution in [0.15, 0.2) is 63.8 Å². The number of aliphatic hydroxyl groups excluding tert-OH is 1. The molecular formula is C27H25N2O11P. The van der Waals surface area contributed by atoms with E-state index in [1.165, 1.54) is 54.6 Å². The molecule has 2 aromatic carbocycles. The van der Waals surface area contributed by atoms with Crippen LogP contribution in [0.3, 0.4) is 0 Å². The third-order valence-corrected chi connectivity index (χ3v) is 6.50. The van der Waals surface area contributed by atoms with Crippen LogP contribution < -0.4 is 16.1 Å². The van der Waals surface area contributed by atoms with E-state index in [1.807, 2.05) is 0 Å². The molecule has 2 aliphatic rings. The van der Waals surface area contributed by atoms with Crippen molar-refractivity contribution in [3.8, 4) is 28.2 Å². The number of hydrogen-bond acceptors (Lipinski definition) is 9. The number of amides is 2. The molecule has 13 nitrogen and oxygen atoms in total. The first-order chi connectivity index (χ1) is 19.6. The van der Waals surface area contributed by atoms with Crippen molar-refractivity contribution in [2.45, 2.75) is 12.5 Å². The second kappa shape index (κ2) is 12.7. The second-order valence-corrected chi connectivity index (χ2v) is 9.73. The van der Waals surface area contributed by atoms with E-state index in [2.05, 4.69) is 15.2 Å². The second-order valence-electron chi connectivity index (χ2n) is 8.91. The number of phenolic OH excluding ortho intramolecular Hbond substituents is 1. The first kappa shape index (κ1) is 29.4. The number of carbonyl (C=O) groups excluding carboxylic acids is 2. The molecule has 1 heterocycles. The molecule has 0 spiro atoms. The van der Waals surface area contributed by atoms with Crippen LogP contribution >= 0.6 is 8.25 Å². The zero-order valence-corrected chi connectivity index (χ0v) is 22.2. The quantitative estimate of drug-likeness (QED) is 0.111. The number of benzene rings is 3. The molecule has 2 atom stereocenters. The van der Waals surface area contributed by atoms with Gasteiger partial charge in [0.05, 0.1) is 24.8 Å². The van der Waals surface area contributed by atoms with Crippen molar-refractivity contribution in [2.75, 3.05) is 19.8 Å². The highest BCUT2D eigenvalue weighted by Crippen LogP contribution is 2.42. The predicted molar refractivity (Wildman–Crippen MR) is 146 cm³/mol. The maximum absolute atomic E-state index is 13.0. The SMILES string of the molecule is O=C(CCNC(=O)c1ccc(C(=O)O)c(-c2c3ccc(=O)cc-3oc3cc(O)ccc23)c1)NC(CO)CO[PH](=O)O. The van der Waals surface area contributed by atoms with Crippen LogP contribution in [0.25, 0.3) is 33.4 Å². The van der Waals surface area contributed by atoms with Crippen LogP contribution in [0.1, 0.15) is 27.1 Å². The molecule has 0 saturated carbocycles. The molecule has 4 rings (SSSR count). The van der Waals surface area contributed by atoms with Crippen LogP contribution in [0.2, 0.25) is 0 Å². The lowest BCUT2D eigenvalue weighted by Gasteiger charge is -2.17. The number of hydrogen-bond donors (Lipinski definition) is 6. The van der Waals surface area contributed by atoms with Gasteiger partial charge in [-0.25, -0.2) is 4.79 Å². The van der Waals surface area contributed by atoms with Gasteiger partial charge in [-0.1, -0.05) is 0 Å². The summed E-state index contributed by atoms with van der Waals surface area (Å²) in [6.07, 6.45) is -0.187. The third kappa shape index (κ3) is 6.97. The minimum atomic E-state index is -3.23. The van der Waals surface area contributed by atoms with Gasteiger partial charge in [0, 0.05) is 47.2 Å². The largest absolute Gasteiger partial charge is 0.508 e. The molecule has 1 aliphatic heterocycles. The van der Waals surface area contributed by atoms with E-state index in [1.54, 1.807) is 0 Å². The average molecular weight is 584 g/mol. The number of aromatic hydroxyl groups is 1. The molecule has 0 aromatic heterocycles. The van der Waals surface area contributed by atoms with Crippen molar-refractivity contribution < 1.29 is 48.1 Å². The van der Waals surface area contributed by atoms with Gasteiger partial charge >= 0.3 is 14.2 Å². The first-order valence-electron chi connectivity index (χ1n) is 12.2. The lowest BCUT2D eigenvalue weighted by atomic mass is 9.89. The van der Waals surface area contributed by atoms with E-state index in [4.69, 9.17) is 9.31 Å². The standard InChI is InChI=1S/C27H25N2O11P/c30-12-15(13-39-41(37)38)29-24(33)7-8-28-26(34)14-1-4-18(27(35)36)21(9-14)25-19-5-2-16(31)10-22(19)40-23-11-17(32)3-6-20(23)25/h1-6,9-11,15,30-31,41H,7-8,12-13H2,(H,28,34)(H,29,33)(H,35,36)(H,37,38). The molecule has 0 fully saturated rings. The molecule has 2 amide bonds. The summed E-state index contributed by atoms with van der Waals surface area (Å²) < 4.78 is 21.0. The van der Waals surface area contributed by atoms with Crippen molar-refractivity contribution in [2.24, 2.45) is 0 Å².